The van der Waals surface area contributed by atoms with Gasteiger partial charge in [0.2, 0.25) is 0 Å². The van der Waals surface area contributed by atoms with Crippen LogP contribution < -0.4 is 10.3 Å². The van der Waals surface area contributed by atoms with E-state index < -0.39 is 0 Å². The average molecular weight is 422 g/mol. The summed E-state index contributed by atoms with van der Waals surface area (Å²) < 4.78 is 7.94. The van der Waals surface area contributed by atoms with E-state index in [0.717, 1.165) is 23.2 Å². The third-order valence-electron chi connectivity index (χ3n) is 4.88. The summed E-state index contributed by atoms with van der Waals surface area (Å²) in [5, 5.41) is 9.90. The molecule has 1 N–H and O–H groups in total. The predicted octanol–water partition coefficient (Wildman–Crippen LogP) is 4.05. The smallest absolute Gasteiger partial charge is 0.258 e. The van der Waals surface area contributed by atoms with Crippen molar-refractivity contribution < 1.29 is 4.74 Å². The van der Waals surface area contributed by atoms with Crippen molar-refractivity contribution in [3.05, 3.63) is 76.1 Å². The molecule has 0 aliphatic rings. The largest absolute Gasteiger partial charge is 0.483 e. The number of para-hydroxylation sites is 1. The van der Waals surface area contributed by atoms with Crippen LogP contribution in [0.3, 0.4) is 0 Å². The highest BCUT2D eigenvalue weighted by Crippen LogP contribution is 2.25. The fourth-order valence-electron chi connectivity index (χ4n) is 3.20. The maximum absolute atomic E-state index is 12.2. The van der Waals surface area contributed by atoms with Crippen LogP contribution in [0.5, 0.6) is 5.75 Å². The molecule has 0 fully saturated rings. The lowest BCUT2D eigenvalue weighted by Gasteiger charge is -2.14. The molecule has 30 heavy (non-hydrogen) atoms. The van der Waals surface area contributed by atoms with Gasteiger partial charge in [0, 0.05) is 7.05 Å². The number of hydrogen-bond donors (Lipinski definition) is 1. The molecule has 0 unspecified atom stereocenters. The molecule has 0 saturated carbocycles. The molecule has 0 aliphatic carbocycles. The lowest BCUT2D eigenvalue weighted by Crippen LogP contribution is -2.11. The van der Waals surface area contributed by atoms with Crippen LogP contribution in [0.15, 0.2) is 58.5 Å². The Hall–Kier alpha value is -3.13. The normalized spacial score (nSPS) is 12.2. The van der Waals surface area contributed by atoms with Gasteiger partial charge in [-0.2, -0.15) is 0 Å². The quantitative estimate of drug-likeness (QED) is 0.453. The first kappa shape index (κ1) is 20.2. The Labute approximate surface area is 178 Å². The summed E-state index contributed by atoms with van der Waals surface area (Å²) in [5.41, 5.74) is 1.82. The van der Waals surface area contributed by atoms with Gasteiger partial charge in [0.1, 0.15) is 11.6 Å². The molecule has 0 bridgehead atoms. The zero-order chi connectivity index (χ0) is 21.1. The number of aryl methyl sites for hydroxylation is 1. The lowest BCUT2D eigenvalue weighted by atomic mass is 10.2. The van der Waals surface area contributed by atoms with E-state index in [-0.39, 0.29) is 11.7 Å². The Bertz CT molecular complexity index is 1220. The van der Waals surface area contributed by atoms with Gasteiger partial charge in [-0.25, -0.2) is 4.98 Å². The number of aromatic amines is 1. The Morgan fingerprint density at radius 3 is 2.67 bits per heavy atom. The maximum Gasteiger partial charge on any atom is 0.258 e. The highest BCUT2D eigenvalue weighted by molar-refractivity contribution is 7.98. The zero-order valence-corrected chi connectivity index (χ0v) is 17.9. The van der Waals surface area contributed by atoms with E-state index in [1.54, 1.807) is 6.07 Å². The van der Waals surface area contributed by atoms with Gasteiger partial charge in [0.15, 0.2) is 17.1 Å². The summed E-state index contributed by atoms with van der Waals surface area (Å²) in [7, 11) is 1.91. The molecule has 0 aliphatic heterocycles. The van der Waals surface area contributed by atoms with Crippen LogP contribution in [0, 0.1) is 0 Å². The molecular weight excluding hydrogens is 398 g/mol. The van der Waals surface area contributed by atoms with Gasteiger partial charge in [-0.3, -0.25) is 4.79 Å². The fourth-order valence-corrected chi connectivity index (χ4v) is 3.99. The number of ether oxygens (including phenoxy) is 1. The second-order valence-electron chi connectivity index (χ2n) is 6.98. The Morgan fingerprint density at radius 2 is 1.90 bits per heavy atom. The monoisotopic (exact) mass is 421 g/mol. The minimum atomic E-state index is -0.247. The lowest BCUT2D eigenvalue weighted by molar-refractivity contribution is 0.211. The number of benzene rings is 2. The second kappa shape index (κ2) is 8.71. The standard InChI is InChI=1S/C22H23N5O2S/c1-4-15-9-11-16(12-10-15)29-14(2)20-25-26-22(27(20)3)30-13-19-23-18-8-6-5-7-17(18)21(28)24-19/h5-12,14H,4,13H2,1-3H3,(H,23,24,28)/t14-/m0/s1. The molecule has 0 saturated heterocycles. The molecular formula is C22H23N5O2S. The van der Waals surface area contributed by atoms with E-state index in [0.29, 0.717) is 22.5 Å². The summed E-state index contributed by atoms with van der Waals surface area (Å²) in [6.07, 6.45) is 0.750. The third kappa shape index (κ3) is 4.23. The van der Waals surface area contributed by atoms with Crippen molar-refractivity contribution in [2.75, 3.05) is 0 Å². The summed E-state index contributed by atoms with van der Waals surface area (Å²) in [4.78, 5) is 19.6. The Morgan fingerprint density at radius 1 is 1.13 bits per heavy atom. The number of aromatic nitrogens is 5. The Balaban J connectivity index is 1.45. The van der Waals surface area contributed by atoms with Gasteiger partial charge >= 0.3 is 0 Å². The first-order valence-electron chi connectivity index (χ1n) is 9.80. The van der Waals surface area contributed by atoms with Gasteiger partial charge in [-0.1, -0.05) is 43.0 Å². The van der Waals surface area contributed by atoms with Crippen LogP contribution in [0.2, 0.25) is 0 Å². The Kier molecular flexibility index (Phi) is 5.85. The molecule has 1 atom stereocenters. The summed E-state index contributed by atoms with van der Waals surface area (Å²) >= 11 is 1.47. The van der Waals surface area contributed by atoms with Crippen molar-refractivity contribution in [1.82, 2.24) is 24.7 Å². The molecule has 2 aromatic carbocycles. The van der Waals surface area contributed by atoms with Crippen molar-refractivity contribution in [2.45, 2.75) is 37.3 Å². The number of H-pyrrole nitrogens is 1. The highest BCUT2D eigenvalue weighted by Gasteiger charge is 2.18. The first-order chi connectivity index (χ1) is 14.5. The average Bonchev–Trinajstić information content (AvgIpc) is 3.13. The minimum Gasteiger partial charge on any atom is -0.483 e. The SMILES string of the molecule is CCc1ccc(O[C@@H](C)c2nnc(SCc3nc4ccccc4c(=O)[nH]3)n2C)cc1. The van der Waals surface area contributed by atoms with Crippen LogP contribution in [0.1, 0.15) is 37.2 Å². The van der Waals surface area contributed by atoms with Crippen molar-refractivity contribution in [3.63, 3.8) is 0 Å². The van der Waals surface area contributed by atoms with Gasteiger partial charge in [-0.15, -0.1) is 10.2 Å². The molecule has 2 aromatic heterocycles. The van der Waals surface area contributed by atoms with Gasteiger partial charge in [-0.05, 0) is 43.2 Å². The predicted molar refractivity (Wildman–Crippen MR) is 118 cm³/mol. The van der Waals surface area contributed by atoms with Gasteiger partial charge in [0.25, 0.3) is 5.56 Å². The molecule has 4 rings (SSSR count). The van der Waals surface area contributed by atoms with Crippen LogP contribution in [-0.4, -0.2) is 24.7 Å². The zero-order valence-electron chi connectivity index (χ0n) is 17.1. The number of hydrogen-bond acceptors (Lipinski definition) is 6. The van der Waals surface area contributed by atoms with Crippen molar-refractivity contribution >= 4 is 22.7 Å². The molecule has 0 amide bonds. The summed E-state index contributed by atoms with van der Waals surface area (Å²) in [5.74, 6) is 2.63. The van der Waals surface area contributed by atoms with E-state index in [9.17, 15) is 4.79 Å². The number of thioether (sulfide) groups is 1. The molecule has 0 spiro atoms. The topological polar surface area (TPSA) is 85.7 Å². The second-order valence-corrected chi connectivity index (χ2v) is 7.92. The van der Waals surface area contributed by atoms with Crippen LogP contribution in [0.4, 0.5) is 0 Å². The highest BCUT2D eigenvalue weighted by atomic mass is 32.2. The number of fused-ring (bicyclic) bond motifs is 1. The van der Waals surface area contributed by atoms with Crippen molar-refractivity contribution in [2.24, 2.45) is 7.05 Å². The van der Waals surface area contributed by atoms with Gasteiger partial charge < -0.3 is 14.3 Å². The molecule has 0 radical (unpaired) electrons. The molecule has 154 valence electrons. The van der Waals surface area contributed by atoms with E-state index in [1.165, 1.54) is 17.3 Å². The van der Waals surface area contributed by atoms with E-state index in [2.05, 4.69) is 39.2 Å². The fraction of sp³-hybridized carbons (Fsp3) is 0.273. The number of nitrogens with zero attached hydrogens (tertiary/aromatic N) is 4. The van der Waals surface area contributed by atoms with E-state index in [1.807, 2.05) is 48.9 Å². The molecule has 8 heteroatoms. The number of nitrogens with one attached hydrogen (secondary N) is 1. The summed E-state index contributed by atoms with van der Waals surface area (Å²) in [6, 6.07) is 15.4. The van der Waals surface area contributed by atoms with Crippen LogP contribution >= 0.6 is 11.8 Å². The molecule has 7 nitrogen and oxygen atoms in total. The number of rotatable bonds is 7. The molecule has 4 aromatic rings. The van der Waals surface area contributed by atoms with E-state index >= 15 is 0 Å². The summed E-state index contributed by atoms with van der Waals surface area (Å²) in [6.45, 7) is 4.08. The third-order valence-corrected chi connectivity index (χ3v) is 5.91. The van der Waals surface area contributed by atoms with Crippen molar-refractivity contribution in [3.8, 4) is 5.75 Å². The van der Waals surface area contributed by atoms with Crippen molar-refractivity contribution in [1.29, 1.82) is 0 Å². The molecule has 2 heterocycles. The minimum absolute atomic E-state index is 0.133. The first-order valence-corrected chi connectivity index (χ1v) is 10.8. The van der Waals surface area contributed by atoms with Crippen LogP contribution in [0.25, 0.3) is 10.9 Å². The van der Waals surface area contributed by atoms with Crippen LogP contribution in [-0.2, 0) is 19.2 Å². The maximum atomic E-state index is 12.2. The van der Waals surface area contributed by atoms with Gasteiger partial charge in [0.05, 0.1) is 16.7 Å². The van der Waals surface area contributed by atoms with E-state index in [4.69, 9.17) is 4.74 Å².